The molecule has 0 radical (unpaired) electrons. The molecule has 2 N–H and O–H groups in total. The summed E-state index contributed by atoms with van der Waals surface area (Å²) in [6.07, 6.45) is 1.25. The van der Waals surface area contributed by atoms with Gasteiger partial charge in [0.05, 0.1) is 6.54 Å². The third-order valence-electron chi connectivity index (χ3n) is 2.18. The van der Waals surface area contributed by atoms with Crippen LogP contribution >= 0.6 is 15.9 Å². The Morgan fingerprint density at radius 3 is 2.71 bits per heavy atom. The largest absolute Gasteiger partial charge is 0.357 e. The molecule has 14 heavy (non-hydrogen) atoms. The van der Waals surface area contributed by atoms with Crippen molar-refractivity contribution in [2.75, 3.05) is 13.1 Å². The zero-order valence-electron chi connectivity index (χ0n) is 8.81. The minimum absolute atomic E-state index is 0.608. The van der Waals surface area contributed by atoms with E-state index in [9.17, 15) is 0 Å². The highest BCUT2D eigenvalue weighted by molar-refractivity contribution is 9.11. The van der Waals surface area contributed by atoms with Crippen molar-refractivity contribution in [3.63, 3.8) is 0 Å². The van der Waals surface area contributed by atoms with E-state index < -0.39 is 0 Å². The lowest BCUT2D eigenvalue weighted by molar-refractivity contribution is 0.771. The molecule has 2 unspecified atom stereocenters. The first-order valence-electron chi connectivity index (χ1n) is 5.01. The van der Waals surface area contributed by atoms with Gasteiger partial charge in [-0.15, -0.1) is 0 Å². The van der Waals surface area contributed by atoms with Crippen LogP contribution in [0.25, 0.3) is 0 Å². The van der Waals surface area contributed by atoms with Crippen molar-refractivity contribution in [2.24, 2.45) is 10.9 Å². The van der Waals surface area contributed by atoms with Gasteiger partial charge in [0.25, 0.3) is 0 Å². The van der Waals surface area contributed by atoms with Crippen molar-refractivity contribution in [2.45, 2.75) is 26.3 Å². The van der Waals surface area contributed by atoms with Gasteiger partial charge in [0.1, 0.15) is 0 Å². The second-order valence-corrected chi connectivity index (χ2v) is 4.80. The van der Waals surface area contributed by atoms with E-state index in [2.05, 4.69) is 52.0 Å². The zero-order chi connectivity index (χ0) is 10.6. The lowest BCUT2D eigenvalue weighted by Crippen LogP contribution is -2.39. The maximum absolute atomic E-state index is 4.38. The summed E-state index contributed by atoms with van der Waals surface area (Å²) in [5, 5.41) is 6.58. The summed E-state index contributed by atoms with van der Waals surface area (Å²) in [5.41, 5.74) is 0. The van der Waals surface area contributed by atoms with Crippen LogP contribution in [0.1, 0.15) is 20.3 Å². The molecule has 4 heteroatoms. The molecule has 0 saturated heterocycles. The van der Waals surface area contributed by atoms with Gasteiger partial charge in [0, 0.05) is 17.1 Å². The van der Waals surface area contributed by atoms with Crippen molar-refractivity contribution in [3.8, 4) is 0 Å². The smallest absolute Gasteiger partial charge is 0.191 e. The highest BCUT2D eigenvalue weighted by atomic mass is 79.9. The van der Waals surface area contributed by atoms with Crippen LogP contribution in [0.3, 0.4) is 0 Å². The Hall–Kier alpha value is -0.510. The van der Waals surface area contributed by atoms with Gasteiger partial charge < -0.3 is 10.6 Å². The Morgan fingerprint density at radius 1 is 1.64 bits per heavy atom. The number of hydrogen-bond donors (Lipinski definition) is 2. The first kappa shape index (κ1) is 11.6. The van der Waals surface area contributed by atoms with Crippen LogP contribution in [-0.2, 0) is 0 Å². The van der Waals surface area contributed by atoms with E-state index in [-0.39, 0.29) is 0 Å². The van der Waals surface area contributed by atoms with Gasteiger partial charge in [0.2, 0.25) is 0 Å². The van der Waals surface area contributed by atoms with E-state index in [0.29, 0.717) is 12.6 Å². The molecular formula is C10H18BrN3. The van der Waals surface area contributed by atoms with Gasteiger partial charge in [-0.3, -0.25) is 0 Å². The molecule has 80 valence electrons. The number of nitrogens with one attached hydrogen (secondary N) is 2. The molecule has 0 amide bonds. The van der Waals surface area contributed by atoms with E-state index in [4.69, 9.17) is 0 Å². The lowest BCUT2D eigenvalue weighted by Gasteiger charge is -2.10. The van der Waals surface area contributed by atoms with Gasteiger partial charge in [-0.25, -0.2) is 4.99 Å². The van der Waals surface area contributed by atoms with E-state index in [0.717, 1.165) is 22.9 Å². The summed E-state index contributed by atoms with van der Waals surface area (Å²) in [6.45, 7) is 9.57. The van der Waals surface area contributed by atoms with E-state index in [1.165, 1.54) is 6.42 Å². The first-order chi connectivity index (χ1) is 6.63. The van der Waals surface area contributed by atoms with Gasteiger partial charge in [0.15, 0.2) is 5.96 Å². The minimum Gasteiger partial charge on any atom is -0.357 e. The number of halogens is 1. The SMILES string of the molecule is C=C(Br)CN=C(NCC)NC1CC1C. The third-order valence-corrected chi connectivity index (χ3v) is 2.44. The Morgan fingerprint density at radius 2 is 2.29 bits per heavy atom. The predicted octanol–water partition coefficient (Wildman–Crippen LogP) is 1.86. The lowest BCUT2D eigenvalue weighted by atomic mass is 10.5. The van der Waals surface area contributed by atoms with Crippen LogP contribution in [0.2, 0.25) is 0 Å². The Bertz CT molecular complexity index is 238. The molecule has 0 aromatic rings. The van der Waals surface area contributed by atoms with E-state index in [1.807, 2.05) is 0 Å². The van der Waals surface area contributed by atoms with E-state index in [1.54, 1.807) is 0 Å². The van der Waals surface area contributed by atoms with Gasteiger partial charge in [-0.2, -0.15) is 0 Å². The quantitative estimate of drug-likeness (QED) is 0.598. The summed E-state index contributed by atoms with van der Waals surface area (Å²) < 4.78 is 0.901. The topological polar surface area (TPSA) is 36.4 Å². The average molecular weight is 260 g/mol. The number of nitrogens with zero attached hydrogens (tertiary/aromatic N) is 1. The molecule has 0 bridgehead atoms. The molecule has 1 aliphatic carbocycles. The maximum Gasteiger partial charge on any atom is 0.191 e. The number of hydrogen-bond acceptors (Lipinski definition) is 1. The van der Waals surface area contributed by atoms with Gasteiger partial charge in [-0.05, 0) is 19.3 Å². The highest BCUT2D eigenvalue weighted by Gasteiger charge is 2.33. The third kappa shape index (κ3) is 4.13. The molecule has 0 spiro atoms. The Labute approximate surface area is 94.2 Å². The molecule has 1 saturated carbocycles. The molecule has 0 aliphatic heterocycles. The van der Waals surface area contributed by atoms with Gasteiger partial charge >= 0.3 is 0 Å². The standard InChI is InChI=1S/C10H18BrN3/c1-4-12-10(13-6-8(3)11)14-9-5-7(9)2/h7,9H,3-6H2,1-2H3,(H2,12,13,14). The summed E-state index contributed by atoms with van der Waals surface area (Å²) >= 11 is 3.29. The van der Waals surface area contributed by atoms with Crippen LogP contribution in [0, 0.1) is 5.92 Å². The molecular weight excluding hydrogens is 242 g/mol. The van der Waals surface area contributed by atoms with Crippen molar-refractivity contribution in [1.29, 1.82) is 0 Å². The molecule has 0 aromatic heterocycles. The van der Waals surface area contributed by atoms with Crippen LogP contribution in [0.4, 0.5) is 0 Å². The van der Waals surface area contributed by atoms with Crippen molar-refractivity contribution >= 4 is 21.9 Å². The summed E-state index contributed by atoms with van der Waals surface area (Å²) in [7, 11) is 0. The number of rotatable bonds is 4. The van der Waals surface area contributed by atoms with Crippen LogP contribution in [0.15, 0.2) is 16.1 Å². The van der Waals surface area contributed by atoms with Crippen LogP contribution < -0.4 is 10.6 Å². The van der Waals surface area contributed by atoms with Gasteiger partial charge in [-0.1, -0.05) is 29.4 Å². The second kappa shape index (κ2) is 5.39. The molecule has 1 fully saturated rings. The maximum atomic E-state index is 4.38. The van der Waals surface area contributed by atoms with Crippen molar-refractivity contribution in [1.82, 2.24) is 10.6 Å². The molecule has 3 nitrogen and oxygen atoms in total. The molecule has 2 atom stereocenters. The summed E-state index contributed by atoms with van der Waals surface area (Å²) in [4.78, 5) is 4.38. The molecule has 1 aliphatic rings. The molecule has 1 rings (SSSR count). The fourth-order valence-electron chi connectivity index (χ4n) is 1.18. The fraction of sp³-hybridized carbons (Fsp3) is 0.700. The Kier molecular flexibility index (Phi) is 4.45. The Balaban J connectivity index is 2.37. The van der Waals surface area contributed by atoms with Crippen molar-refractivity contribution in [3.05, 3.63) is 11.1 Å². The van der Waals surface area contributed by atoms with E-state index >= 15 is 0 Å². The number of guanidine groups is 1. The van der Waals surface area contributed by atoms with Crippen LogP contribution in [0.5, 0.6) is 0 Å². The second-order valence-electron chi connectivity index (χ2n) is 3.68. The summed E-state index contributed by atoms with van der Waals surface area (Å²) in [5.74, 6) is 1.67. The highest BCUT2D eigenvalue weighted by Crippen LogP contribution is 2.28. The first-order valence-corrected chi connectivity index (χ1v) is 5.81. The summed E-state index contributed by atoms with van der Waals surface area (Å²) in [6, 6.07) is 0.608. The zero-order valence-corrected chi connectivity index (χ0v) is 10.4. The minimum atomic E-state index is 0.608. The van der Waals surface area contributed by atoms with Crippen molar-refractivity contribution < 1.29 is 0 Å². The average Bonchev–Trinajstić information content (AvgIpc) is 2.78. The van der Waals surface area contributed by atoms with Crippen LogP contribution in [-0.4, -0.2) is 25.1 Å². The monoisotopic (exact) mass is 259 g/mol. The normalized spacial score (nSPS) is 25.8. The number of aliphatic imine (C=N–C) groups is 1. The molecule has 0 aromatic carbocycles. The predicted molar refractivity (Wildman–Crippen MR) is 64.8 cm³/mol. The fourth-order valence-corrected chi connectivity index (χ4v) is 1.31. The molecule has 0 heterocycles.